The van der Waals surface area contributed by atoms with Gasteiger partial charge in [0.15, 0.2) is 0 Å². The van der Waals surface area contributed by atoms with Crippen LogP contribution in [0.1, 0.15) is 31.0 Å². The Labute approximate surface area is 120 Å². The topological polar surface area (TPSA) is 34.1 Å². The van der Waals surface area contributed by atoms with Crippen molar-refractivity contribution in [3.63, 3.8) is 0 Å². The fourth-order valence-electron chi connectivity index (χ4n) is 2.90. The molecule has 0 atom stereocenters. The van der Waals surface area contributed by atoms with Gasteiger partial charge < -0.3 is 10.1 Å². The van der Waals surface area contributed by atoms with E-state index in [1.54, 1.807) is 0 Å². The van der Waals surface area contributed by atoms with Crippen molar-refractivity contribution in [1.29, 1.82) is 0 Å². The molecule has 0 spiro atoms. The predicted octanol–water partition coefficient (Wildman–Crippen LogP) is 3.20. The number of aromatic nitrogens is 1. The van der Waals surface area contributed by atoms with E-state index in [1.807, 2.05) is 6.07 Å². The third kappa shape index (κ3) is 2.84. The lowest BCUT2D eigenvalue weighted by Gasteiger charge is -2.35. The molecule has 1 N–H and O–H groups in total. The number of nitrogens with one attached hydrogen (secondary N) is 1. The fraction of sp³-hybridized carbons (Fsp3) is 0.471. The average Bonchev–Trinajstić information content (AvgIpc) is 2.40. The number of hydrogen-bond donors (Lipinski definition) is 1. The van der Waals surface area contributed by atoms with Gasteiger partial charge in [-0.1, -0.05) is 18.2 Å². The van der Waals surface area contributed by atoms with Crippen molar-refractivity contribution in [2.24, 2.45) is 0 Å². The molecule has 0 unspecified atom stereocenters. The van der Waals surface area contributed by atoms with Crippen molar-refractivity contribution in [2.75, 3.05) is 6.61 Å². The van der Waals surface area contributed by atoms with Crippen LogP contribution in [-0.4, -0.2) is 23.7 Å². The van der Waals surface area contributed by atoms with E-state index in [2.05, 4.69) is 48.4 Å². The van der Waals surface area contributed by atoms with Crippen molar-refractivity contribution in [3.05, 3.63) is 41.6 Å². The zero-order chi connectivity index (χ0) is 13.9. The molecular formula is C17H22N2O. The lowest BCUT2D eigenvalue weighted by atomic mass is 9.89. The normalized spacial score (nSPS) is 21.9. The third-order valence-electron chi connectivity index (χ3n) is 4.01. The van der Waals surface area contributed by atoms with Crippen LogP contribution in [0, 0.1) is 6.92 Å². The highest BCUT2D eigenvalue weighted by Gasteiger charge is 2.28. The molecule has 1 saturated carbocycles. The first kappa shape index (κ1) is 13.5. The van der Waals surface area contributed by atoms with Gasteiger partial charge in [-0.2, -0.15) is 0 Å². The molecule has 1 heterocycles. The van der Waals surface area contributed by atoms with Crippen LogP contribution in [0.2, 0.25) is 0 Å². The van der Waals surface area contributed by atoms with Gasteiger partial charge in [-0.25, -0.2) is 0 Å². The summed E-state index contributed by atoms with van der Waals surface area (Å²) >= 11 is 0. The minimum atomic E-state index is 0.466. The highest BCUT2D eigenvalue weighted by Crippen LogP contribution is 2.24. The monoisotopic (exact) mass is 270 g/mol. The summed E-state index contributed by atoms with van der Waals surface area (Å²) in [5.41, 5.74) is 3.51. The Balaban J connectivity index is 1.66. The van der Waals surface area contributed by atoms with Crippen molar-refractivity contribution in [2.45, 2.75) is 45.4 Å². The number of hydrogen-bond acceptors (Lipinski definition) is 3. The maximum Gasteiger partial charge on any atom is 0.0708 e. The molecule has 0 saturated heterocycles. The summed E-state index contributed by atoms with van der Waals surface area (Å²) in [6.07, 6.45) is 2.74. The molecule has 1 aromatic carbocycles. The van der Waals surface area contributed by atoms with E-state index < -0.39 is 0 Å². The summed E-state index contributed by atoms with van der Waals surface area (Å²) in [5.74, 6) is 0. The van der Waals surface area contributed by atoms with E-state index in [0.717, 1.165) is 37.2 Å². The van der Waals surface area contributed by atoms with E-state index in [4.69, 9.17) is 4.74 Å². The summed E-state index contributed by atoms with van der Waals surface area (Å²) < 4.78 is 5.60. The van der Waals surface area contributed by atoms with Crippen molar-refractivity contribution in [1.82, 2.24) is 10.3 Å². The summed E-state index contributed by atoms with van der Waals surface area (Å²) in [4.78, 5) is 4.59. The molecule has 3 heteroatoms. The molecule has 0 radical (unpaired) electrons. The maximum atomic E-state index is 5.60. The van der Waals surface area contributed by atoms with Gasteiger partial charge in [-0.15, -0.1) is 0 Å². The molecular weight excluding hydrogens is 248 g/mol. The number of fused-ring (bicyclic) bond motifs is 1. The molecule has 2 aromatic rings. The standard InChI is InChI=1S/C17H22N2O/c1-3-20-15-9-14(10-15)18-11-13-8-12(2)19-17-7-5-4-6-16(13)17/h4-8,14-15,18H,3,9-11H2,1-2H3. The number of rotatable bonds is 5. The number of para-hydroxylation sites is 1. The second-order valence-electron chi connectivity index (χ2n) is 5.57. The molecule has 0 aliphatic heterocycles. The Hall–Kier alpha value is -1.45. The van der Waals surface area contributed by atoms with E-state index in [9.17, 15) is 0 Å². The Morgan fingerprint density at radius 3 is 2.90 bits per heavy atom. The van der Waals surface area contributed by atoms with Gasteiger partial charge in [-0.05, 0) is 44.4 Å². The smallest absolute Gasteiger partial charge is 0.0708 e. The largest absolute Gasteiger partial charge is 0.378 e. The second-order valence-corrected chi connectivity index (χ2v) is 5.57. The Kier molecular flexibility index (Phi) is 3.99. The lowest BCUT2D eigenvalue weighted by molar-refractivity contribution is -0.0102. The zero-order valence-electron chi connectivity index (χ0n) is 12.2. The molecule has 1 aromatic heterocycles. The maximum absolute atomic E-state index is 5.60. The van der Waals surface area contributed by atoms with Crippen LogP contribution in [0.4, 0.5) is 0 Å². The highest BCUT2D eigenvalue weighted by atomic mass is 16.5. The Morgan fingerprint density at radius 2 is 2.10 bits per heavy atom. The van der Waals surface area contributed by atoms with Crippen LogP contribution in [-0.2, 0) is 11.3 Å². The molecule has 3 nitrogen and oxygen atoms in total. The number of ether oxygens (including phenoxy) is 1. The van der Waals surface area contributed by atoms with Gasteiger partial charge in [0.05, 0.1) is 11.6 Å². The van der Waals surface area contributed by atoms with Crippen molar-refractivity contribution in [3.8, 4) is 0 Å². The molecule has 3 rings (SSSR count). The van der Waals surface area contributed by atoms with Crippen LogP contribution < -0.4 is 5.32 Å². The molecule has 1 aliphatic carbocycles. The first-order chi connectivity index (χ1) is 9.76. The van der Waals surface area contributed by atoms with Gasteiger partial charge in [0.2, 0.25) is 0 Å². The molecule has 0 bridgehead atoms. The SMILES string of the molecule is CCOC1CC(NCc2cc(C)nc3ccccc23)C1. The van der Waals surface area contributed by atoms with Gasteiger partial charge in [-0.3, -0.25) is 4.98 Å². The van der Waals surface area contributed by atoms with Gasteiger partial charge in [0, 0.05) is 30.3 Å². The Bertz CT molecular complexity index is 591. The lowest BCUT2D eigenvalue weighted by Crippen LogP contribution is -2.45. The van der Waals surface area contributed by atoms with Crippen molar-refractivity contribution < 1.29 is 4.74 Å². The van der Waals surface area contributed by atoms with Crippen LogP contribution in [0.5, 0.6) is 0 Å². The minimum absolute atomic E-state index is 0.466. The minimum Gasteiger partial charge on any atom is -0.378 e. The van der Waals surface area contributed by atoms with E-state index in [1.165, 1.54) is 10.9 Å². The first-order valence-electron chi connectivity index (χ1n) is 7.46. The van der Waals surface area contributed by atoms with Crippen molar-refractivity contribution >= 4 is 10.9 Å². The number of benzene rings is 1. The van der Waals surface area contributed by atoms with Crippen LogP contribution in [0.3, 0.4) is 0 Å². The molecule has 1 fully saturated rings. The molecule has 0 amide bonds. The van der Waals surface area contributed by atoms with Crippen LogP contribution in [0.15, 0.2) is 30.3 Å². The Morgan fingerprint density at radius 1 is 1.30 bits per heavy atom. The quantitative estimate of drug-likeness (QED) is 0.906. The highest BCUT2D eigenvalue weighted by molar-refractivity contribution is 5.82. The number of pyridine rings is 1. The summed E-state index contributed by atoms with van der Waals surface area (Å²) in [6, 6.07) is 11.2. The number of nitrogens with zero attached hydrogens (tertiary/aromatic N) is 1. The molecule has 1 aliphatic rings. The van der Waals surface area contributed by atoms with Gasteiger partial charge >= 0.3 is 0 Å². The first-order valence-corrected chi connectivity index (χ1v) is 7.46. The van der Waals surface area contributed by atoms with Gasteiger partial charge in [0.1, 0.15) is 0 Å². The summed E-state index contributed by atoms with van der Waals surface area (Å²) in [6.45, 7) is 5.86. The predicted molar refractivity (Wildman–Crippen MR) is 81.8 cm³/mol. The van der Waals surface area contributed by atoms with E-state index in [0.29, 0.717) is 12.1 Å². The molecule has 20 heavy (non-hydrogen) atoms. The summed E-state index contributed by atoms with van der Waals surface area (Å²) in [7, 11) is 0. The molecule has 106 valence electrons. The summed E-state index contributed by atoms with van der Waals surface area (Å²) in [5, 5.41) is 4.89. The van der Waals surface area contributed by atoms with Crippen LogP contribution >= 0.6 is 0 Å². The van der Waals surface area contributed by atoms with E-state index >= 15 is 0 Å². The van der Waals surface area contributed by atoms with E-state index in [-0.39, 0.29) is 0 Å². The zero-order valence-corrected chi connectivity index (χ0v) is 12.2. The third-order valence-corrected chi connectivity index (χ3v) is 4.01. The number of aryl methyl sites for hydroxylation is 1. The second kappa shape index (κ2) is 5.90. The fourth-order valence-corrected chi connectivity index (χ4v) is 2.90. The van der Waals surface area contributed by atoms with Crippen LogP contribution in [0.25, 0.3) is 10.9 Å². The average molecular weight is 270 g/mol. The van der Waals surface area contributed by atoms with Gasteiger partial charge in [0.25, 0.3) is 0 Å².